The Morgan fingerprint density at radius 2 is 2.06 bits per heavy atom. The van der Waals surface area contributed by atoms with Gasteiger partial charge in [0.15, 0.2) is 5.17 Å². The highest BCUT2D eigenvalue weighted by Gasteiger charge is 2.26. The highest BCUT2D eigenvalue weighted by molar-refractivity contribution is 8.15. The summed E-state index contributed by atoms with van der Waals surface area (Å²) in [6.07, 6.45) is 1.06. The number of aliphatic imine (C=N–C) groups is 1. The smallest absolute Gasteiger partial charge is 0.157 e. The van der Waals surface area contributed by atoms with Gasteiger partial charge in [0.25, 0.3) is 0 Å². The number of rotatable bonds is 3. The van der Waals surface area contributed by atoms with E-state index in [2.05, 4.69) is 54.5 Å². The summed E-state index contributed by atoms with van der Waals surface area (Å²) in [4.78, 5) is 4.49. The third-order valence-corrected chi connectivity index (χ3v) is 3.66. The molecule has 1 aliphatic heterocycles. The van der Waals surface area contributed by atoms with E-state index in [0.717, 1.165) is 24.7 Å². The maximum absolute atomic E-state index is 4.49. The summed E-state index contributed by atoms with van der Waals surface area (Å²) in [6, 6.07) is 10.5. The van der Waals surface area contributed by atoms with E-state index in [0.29, 0.717) is 0 Å². The normalized spacial score (nSPS) is 18.2. The molecule has 0 aromatic heterocycles. The van der Waals surface area contributed by atoms with E-state index in [4.69, 9.17) is 0 Å². The van der Waals surface area contributed by atoms with Gasteiger partial charge in [0.05, 0.1) is 6.54 Å². The molecule has 0 saturated carbocycles. The van der Waals surface area contributed by atoms with Gasteiger partial charge in [0.2, 0.25) is 0 Å². The van der Waals surface area contributed by atoms with E-state index >= 15 is 0 Å². The van der Waals surface area contributed by atoms with Crippen molar-refractivity contribution in [1.29, 1.82) is 0 Å². The molecule has 86 valence electrons. The van der Waals surface area contributed by atoms with Crippen molar-refractivity contribution >= 4 is 16.9 Å². The summed E-state index contributed by atoms with van der Waals surface area (Å²) in [5.74, 6) is 0. The molecule has 3 heteroatoms. The third kappa shape index (κ3) is 3.27. The van der Waals surface area contributed by atoms with Crippen molar-refractivity contribution in [2.75, 3.05) is 13.1 Å². The zero-order valence-corrected chi connectivity index (χ0v) is 10.7. The maximum Gasteiger partial charge on any atom is 0.157 e. The molecule has 0 aliphatic carbocycles. The minimum atomic E-state index is 0.273. The maximum atomic E-state index is 4.49. The minimum Gasteiger partial charge on any atom is -0.365 e. The third-order valence-electron chi connectivity index (χ3n) is 2.51. The second-order valence-electron chi connectivity index (χ2n) is 4.65. The molecule has 0 saturated heterocycles. The molecular formula is C13H18N2S. The van der Waals surface area contributed by atoms with Gasteiger partial charge in [0.1, 0.15) is 0 Å². The summed E-state index contributed by atoms with van der Waals surface area (Å²) in [6.45, 7) is 6.34. The second kappa shape index (κ2) is 4.91. The SMILES string of the molecule is CC1(C)CN=C(NCCc2ccccc2)S1. The van der Waals surface area contributed by atoms with E-state index < -0.39 is 0 Å². The fourth-order valence-electron chi connectivity index (χ4n) is 1.64. The summed E-state index contributed by atoms with van der Waals surface area (Å²) >= 11 is 1.84. The average Bonchev–Trinajstić information content (AvgIpc) is 2.60. The lowest BCUT2D eigenvalue weighted by Crippen LogP contribution is -2.23. The largest absolute Gasteiger partial charge is 0.365 e. The summed E-state index contributed by atoms with van der Waals surface area (Å²) < 4.78 is 0.273. The first-order valence-electron chi connectivity index (χ1n) is 5.67. The fraction of sp³-hybridized carbons (Fsp3) is 0.462. The zero-order valence-electron chi connectivity index (χ0n) is 9.86. The summed E-state index contributed by atoms with van der Waals surface area (Å²) in [5.41, 5.74) is 1.37. The van der Waals surface area contributed by atoms with Gasteiger partial charge in [-0.1, -0.05) is 42.1 Å². The predicted molar refractivity (Wildman–Crippen MR) is 72.1 cm³/mol. The Balaban J connectivity index is 1.74. The lowest BCUT2D eigenvalue weighted by molar-refractivity contribution is 0.739. The van der Waals surface area contributed by atoms with E-state index in [9.17, 15) is 0 Å². The van der Waals surface area contributed by atoms with Gasteiger partial charge < -0.3 is 5.32 Å². The van der Waals surface area contributed by atoms with Gasteiger partial charge in [-0.3, -0.25) is 4.99 Å². The topological polar surface area (TPSA) is 24.4 Å². The number of nitrogens with one attached hydrogen (secondary N) is 1. The standard InChI is InChI=1S/C13H18N2S/c1-13(2)10-15-12(16-13)14-9-8-11-6-4-3-5-7-11/h3-7H,8-10H2,1-2H3,(H,14,15). The van der Waals surface area contributed by atoms with Crippen LogP contribution in [0.3, 0.4) is 0 Å². The molecule has 0 radical (unpaired) electrons. The molecule has 0 atom stereocenters. The van der Waals surface area contributed by atoms with Gasteiger partial charge in [-0.2, -0.15) is 0 Å². The summed E-state index contributed by atoms with van der Waals surface area (Å²) in [5, 5.41) is 4.50. The zero-order chi connectivity index (χ0) is 11.4. The van der Waals surface area contributed by atoms with Gasteiger partial charge in [-0.05, 0) is 25.8 Å². The first kappa shape index (κ1) is 11.5. The molecule has 1 aliphatic rings. The molecule has 0 spiro atoms. The van der Waals surface area contributed by atoms with Gasteiger partial charge in [-0.25, -0.2) is 0 Å². The monoisotopic (exact) mass is 234 g/mol. The molecule has 1 N–H and O–H groups in total. The Kier molecular flexibility index (Phi) is 3.54. The van der Waals surface area contributed by atoms with Crippen molar-refractivity contribution < 1.29 is 0 Å². The van der Waals surface area contributed by atoms with Gasteiger partial charge in [-0.15, -0.1) is 0 Å². The second-order valence-corrected chi connectivity index (χ2v) is 6.34. The van der Waals surface area contributed by atoms with Crippen molar-refractivity contribution in [1.82, 2.24) is 5.32 Å². The number of nitrogens with zero attached hydrogens (tertiary/aromatic N) is 1. The highest BCUT2D eigenvalue weighted by Crippen LogP contribution is 2.30. The molecule has 1 aromatic rings. The fourth-order valence-corrected chi connectivity index (χ4v) is 2.59. The number of thioether (sulfide) groups is 1. The van der Waals surface area contributed by atoms with Crippen LogP contribution in [0.2, 0.25) is 0 Å². The number of hydrogen-bond acceptors (Lipinski definition) is 3. The highest BCUT2D eigenvalue weighted by atomic mass is 32.2. The summed E-state index contributed by atoms with van der Waals surface area (Å²) in [7, 11) is 0. The molecule has 2 rings (SSSR count). The Morgan fingerprint density at radius 1 is 1.31 bits per heavy atom. The Bertz CT molecular complexity index is 371. The first-order valence-corrected chi connectivity index (χ1v) is 6.49. The van der Waals surface area contributed by atoms with Crippen LogP contribution >= 0.6 is 11.8 Å². The molecule has 0 unspecified atom stereocenters. The van der Waals surface area contributed by atoms with Crippen LogP contribution in [0.15, 0.2) is 35.3 Å². The van der Waals surface area contributed by atoms with Crippen molar-refractivity contribution in [3.8, 4) is 0 Å². The molecule has 0 fully saturated rings. The molecule has 0 amide bonds. The average molecular weight is 234 g/mol. The van der Waals surface area contributed by atoms with Crippen molar-refractivity contribution in [3.63, 3.8) is 0 Å². The lowest BCUT2D eigenvalue weighted by Gasteiger charge is -2.14. The predicted octanol–water partition coefficient (Wildman–Crippen LogP) is 2.70. The number of hydrogen-bond donors (Lipinski definition) is 1. The first-order chi connectivity index (χ1) is 7.66. The van der Waals surface area contributed by atoms with Crippen LogP contribution in [-0.4, -0.2) is 23.0 Å². The molecule has 16 heavy (non-hydrogen) atoms. The van der Waals surface area contributed by atoms with E-state index in [1.807, 2.05) is 11.8 Å². The van der Waals surface area contributed by atoms with Gasteiger partial charge >= 0.3 is 0 Å². The van der Waals surface area contributed by atoms with Crippen molar-refractivity contribution in [2.45, 2.75) is 25.0 Å². The lowest BCUT2D eigenvalue weighted by atomic mass is 10.2. The van der Waals surface area contributed by atoms with Crippen molar-refractivity contribution in [2.24, 2.45) is 4.99 Å². The van der Waals surface area contributed by atoms with Crippen LogP contribution < -0.4 is 5.32 Å². The molecular weight excluding hydrogens is 216 g/mol. The Hall–Kier alpha value is -0.960. The van der Waals surface area contributed by atoms with Crippen molar-refractivity contribution in [3.05, 3.63) is 35.9 Å². The van der Waals surface area contributed by atoms with Crippen LogP contribution in [0.4, 0.5) is 0 Å². The molecule has 1 heterocycles. The Labute approximate surface area is 102 Å². The van der Waals surface area contributed by atoms with Crippen LogP contribution in [0.5, 0.6) is 0 Å². The van der Waals surface area contributed by atoms with Crippen LogP contribution in [0.25, 0.3) is 0 Å². The minimum absolute atomic E-state index is 0.273. The number of amidine groups is 1. The van der Waals surface area contributed by atoms with Crippen LogP contribution in [-0.2, 0) is 6.42 Å². The molecule has 1 aromatic carbocycles. The quantitative estimate of drug-likeness (QED) is 0.869. The van der Waals surface area contributed by atoms with E-state index in [1.165, 1.54) is 5.56 Å². The van der Waals surface area contributed by atoms with Crippen LogP contribution in [0, 0.1) is 0 Å². The molecule has 2 nitrogen and oxygen atoms in total. The molecule has 0 bridgehead atoms. The van der Waals surface area contributed by atoms with E-state index in [1.54, 1.807) is 0 Å². The number of benzene rings is 1. The van der Waals surface area contributed by atoms with Crippen LogP contribution in [0.1, 0.15) is 19.4 Å². The van der Waals surface area contributed by atoms with E-state index in [-0.39, 0.29) is 4.75 Å². The Morgan fingerprint density at radius 3 is 2.69 bits per heavy atom. The van der Waals surface area contributed by atoms with Gasteiger partial charge in [0, 0.05) is 11.3 Å².